The van der Waals surface area contributed by atoms with Crippen LogP contribution in [0.4, 0.5) is 0 Å². The molecule has 2 rings (SSSR count). The molecule has 0 aliphatic carbocycles. The van der Waals surface area contributed by atoms with Crippen molar-refractivity contribution in [2.24, 2.45) is 0 Å². The molecule has 2 aromatic rings. The zero-order chi connectivity index (χ0) is 12.3. The fourth-order valence-electron chi connectivity index (χ4n) is 1.36. The van der Waals surface area contributed by atoms with Crippen molar-refractivity contribution in [3.63, 3.8) is 0 Å². The van der Waals surface area contributed by atoms with Crippen LogP contribution in [0, 0.1) is 0 Å². The number of thiazole rings is 1. The van der Waals surface area contributed by atoms with Crippen molar-refractivity contribution < 1.29 is 8.42 Å². The molecule has 0 radical (unpaired) electrons. The Bertz CT molecular complexity index is 548. The van der Waals surface area contributed by atoms with Crippen molar-refractivity contribution in [2.45, 2.75) is 24.3 Å². The number of H-pyrrole nitrogens is 1. The van der Waals surface area contributed by atoms with Crippen LogP contribution in [-0.4, -0.2) is 23.6 Å². The van der Waals surface area contributed by atoms with Gasteiger partial charge in [0.25, 0.3) is 0 Å². The molecule has 8 heteroatoms. The van der Waals surface area contributed by atoms with Crippen LogP contribution < -0.4 is 4.72 Å². The van der Waals surface area contributed by atoms with Crippen LogP contribution in [0.5, 0.6) is 0 Å². The Morgan fingerprint density at radius 1 is 1.59 bits per heavy atom. The topological polar surface area (TPSA) is 87.7 Å². The summed E-state index contributed by atoms with van der Waals surface area (Å²) in [5.74, 6) is 0. The molecule has 0 aliphatic rings. The summed E-state index contributed by atoms with van der Waals surface area (Å²) in [5, 5.41) is 8.69. The Morgan fingerprint density at radius 3 is 2.94 bits per heavy atom. The van der Waals surface area contributed by atoms with Crippen molar-refractivity contribution in [2.75, 3.05) is 0 Å². The minimum Gasteiger partial charge on any atom is -0.284 e. The summed E-state index contributed by atoms with van der Waals surface area (Å²) in [6, 6.07) is -0.296. The smallest absolute Gasteiger partial charge is 0.244 e. The average molecular weight is 272 g/mol. The molecule has 2 N–H and O–H groups in total. The lowest BCUT2D eigenvalue weighted by Crippen LogP contribution is -2.28. The molecule has 0 fully saturated rings. The lowest BCUT2D eigenvalue weighted by Gasteiger charge is -2.13. The summed E-state index contributed by atoms with van der Waals surface area (Å²) in [5.41, 5.74) is 0. The molecule has 1 atom stereocenters. The molecule has 0 aromatic carbocycles. The van der Waals surface area contributed by atoms with Gasteiger partial charge in [-0.1, -0.05) is 6.92 Å². The Kier molecular flexibility index (Phi) is 3.55. The Labute approximate surface area is 103 Å². The molecule has 0 amide bonds. The highest BCUT2D eigenvalue weighted by atomic mass is 32.2. The molecule has 92 valence electrons. The Morgan fingerprint density at radius 2 is 2.41 bits per heavy atom. The number of rotatable bonds is 5. The monoisotopic (exact) mass is 272 g/mol. The van der Waals surface area contributed by atoms with Crippen molar-refractivity contribution in [1.29, 1.82) is 0 Å². The van der Waals surface area contributed by atoms with Gasteiger partial charge in [-0.3, -0.25) is 5.10 Å². The predicted molar refractivity (Wildman–Crippen MR) is 64.1 cm³/mol. The van der Waals surface area contributed by atoms with Gasteiger partial charge in [0.15, 0.2) is 0 Å². The van der Waals surface area contributed by atoms with Gasteiger partial charge in [0.05, 0.1) is 12.2 Å². The van der Waals surface area contributed by atoms with Crippen molar-refractivity contribution in [3.05, 3.63) is 29.0 Å². The number of hydrogen-bond donors (Lipinski definition) is 2. The maximum absolute atomic E-state index is 12.0. The number of hydrogen-bond acceptors (Lipinski definition) is 5. The molecule has 6 nitrogen and oxygen atoms in total. The van der Waals surface area contributed by atoms with Gasteiger partial charge in [-0.25, -0.2) is 18.1 Å². The van der Waals surface area contributed by atoms with Gasteiger partial charge < -0.3 is 0 Å². The molecular formula is C9H12N4O2S2. The van der Waals surface area contributed by atoms with Crippen LogP contribution in [0.1, 0.15) is 24.4 Å². The highest BCUT2D eigenvalue weighted by molar-refractivity contribution is 7.89. The molecule has 2 heterocycles. The van der Waals surface area contributed by atoms with E-state index in [-0.39, 0.29) is 10.9 Å². The van der Waals surface area contributed by atoms with Gasteiger partial charge in [0.1, 0.15) is 9.90 Å². The van der Waals surface area contributed by atoms with Gasteiger partial charge in [-0.2, -0.15) is 5.10 Å². The summed E-state index contributed by atoms with van der Waals surface area (Å²) in [6.07, 6.45) is 4.92. The normalized spacial score (nSPS) is 13.7. The zero-order valence-electron chi connectivity index (χ0n) is 9.12. The standard InChI is InChI=1S/C9H12N4O2S2/c1-2-8(9-10-3-4-16-9)13-17(14,15)7-5-11-12-6-7/h3-6,8,13H,2H2,1H3,(H,11,12). The molecule has 0 aliphatic heterocycles. The maximum atomic E-state index is 12.0. The molecule has 17 heavy (non-hydrogen) atoms. The summed E-state index contributed by atoms with van der Waals surface area (Å²) in [6.45, 7) is 1.91. The Balaban J connectivity index is 2.20. The van der Waals surface area contributed by atoms with Crippen molar-refractivity contribution in [3.8, 4) is 0 Å². The fourth-order valence-corrected chi connectivity index (χ4v) is 3.39. The molecule has 0 bridgehead atoms. The maximum Gasteiger partial charge on any atom is 0.244 e. The molecule has 0 saturated carbocycles. The van der Waals surface area contributed by atoms with E-state index in [0.717, 1.165) is 5.01 Å². The number of aromatic nitrogens is 3. The molecule has 2 aromatic heterocycles. The van der Waals surface area contributed by atoms with E-state index in [1.165, 1.54) is 23.7 Å². The van der Waals surface area contributed by atoms with E-state index in [0.29, 0.717) is 6.42 Å². The molecule has 0 spiro atoms. The summed E-state index contributed by atoms with van der Waals surface area (Å²) in [7, 11) is -3.53. The second kappa shape index (κ2) is 4.94. The van der Waals surface area contributed by atoms with Crippen LogP contribution in [0.3, 0.4) is 0 Å². The Hall–Kier alpha value is -1.25. The molecule has 0 saturated heterocycles. The number of aromatic amines is 1. The SMILES string of the molecule is CCC(NS(=O)(=O)c1cn[nH]c1)c1nccs1. The van der Waals surface area contributed by atoms with Gasteiger partial charge in [-0.05, 0) is 6.42 Å². The predicted octanol–water partition coefficient (Wildman–Crippen LogP) is 1.30. The molecule has 1 unspecified atom stereocenters. The fraction of sp³-hybridized carbons (Fsp3) is 0.333. The second-order valence-electron chi connectivity index (χ2n) is 3.39. The lowest BCUT2D eigenvalue weighted by molar-refractivity contribution is 0.549. The first-order valence-electron chi connectivity index (χ1n) is 5.04. The highest BCUT2D eigenvalue weighted by Crippen LogP contribution is 2.21. The van der Waals surface area contributed by atoms with E-state index >= 15 is 0 Å². The second-order valence-corrected chi connectivity index (χ2v) is 6.03. The number of nitrogens with one attached hydrogen (secondary N) is 2. The zero-order valence-corrected chi connectivity index (χ0v) is 10.8. The third-order valence-corrected chi connectivity index (χ3v) is 4.57. The van der Waals surface area contributed by atoms with E-state index in [2.05, 4.69) is 19.9 Å². The number of sulfonamides is 1. The van der Waals surface area contributed by atoms with Crippen LogP contribution in [0.25, 0.3) is 0 Å². The van der Waals surface area contributed by atoms with Gasteiger partial charge in [0.2, 0.25) is 10.0 Å². The third-order valence-electron chi connectivity index (χ3n) is 2.24. The van der Waals surface area contributed by atoms with Gasteiger partial charge in [-0.15, -0.1) is 11.3 Å². The van der Waals surface area contributed by atoms with Crippen LogP contribution in [0.2, 0.25) is 0 Å². The first-order valence-corrected chi connectivity index (χ1v) is 7.40. The summed E-state index contributed by atoms with van der Waals surface area (Å²) in [4.78, 5) is 4.25. The van der Waals surface area contributed by atoms with E-state index in [1.54, 1.807) is 6.20 Å². The van der Waals surface area contributed by atoms with Crippen molar-refractivity contribution >= 4 is 21.4 Å². The number of nitrogens with zero attached hydrogens (tertiary/aromatic N) is 2. The van der Waals surface area contributed by atoms with E-state index in [9.17, 15) is 8.42 Å². The largest absolute Gasteiger partial charge is 0.284 e. The minimum atomic E-state index is -3.53. The van der Waals surface area contributed by atoms with Gasteiger partial charge in [0, 0.05) is 17.8 Å². The van der Waals surface area contributed by atoms with Crippen LogP contribution in [0.15, 0.2) is 28.9 Å². The summed E-state index contributed by atoms with van der Waals surface area (Å²) >= 11 is 1.43. The first kappa shape index (κ1) is 12.2. The first-order chi connectivity index (χ1) is 8.13. The van der Waals surface area contributed by atoms with Gasteiger partial charge >= 0.3 is 0 Å². The van der Waals surface area contributed by atoms with Crippen LogP contribution >= 0.6 is 11.3 Å². The van der Waals surface area contributed by atoms with Crippen molar-refractivity contribution in [1.82, 2.24) is 19.9 Å². The lowest BCUT2D eigenvalue weighted by atomic mass is 10.3. The van der Waals surface area contributed by atoms with E-state index in [1.807, 2.05) is 12.3 Å². The average Bonchev–Trinajstić information content (AvgIpc) is 2.97. The van der Waals surface area contributed by atoms with Crippen LogP contribution in [-0.2, 0) is 10.0 Å². The van der Waals surface area contributed by atoms with E-state index < -0.39 is 10.0 Å². The minimum absolute atomic E-state index is 0.132. The quantitative estimate of drug-likeness (QED) is 0.858. The highest BCUT2D eigenvalue weighted by Gasteiger charge is 2.22. The summed E-state index contributed by atoms with van der Waals surface area (Å²) < 4.78 is 26.5. The molecular weight excluding hydrogens is 260 g/mol. The third kappa shape index (κ3) is 2.71. The van der Waals surface area contributed by atoms with E-state index in [4.69, 9.17) is 0 Å².